The summed E-state index contributed by atoms with van der Waals surface area (Å²) in [6, 6.07) is 4.91. The molecule has 36 heavy (non-hydrogen) atoms. The second-order valence-electron chi connectivity index (χ2n) is 7.94. The van der Waals surface area contributed by atoms with Crippen LogP contribution in [0.4, 0.5) is 0 Å². The van der Waals surface area contributed by atoms with Gasteiger partial charge in [0.25, 0.3) is 0 Å². The van der Waals surface area contributed by atoms with Crippen molar-refractivity contribution >= 4 is 11.0 Å². The lowest BCUT2D eigenvalue weighted by Crippen LogP contribution is -2.60. The van der Waals surface area contributed by atoms with Gasteiger partial charge in [0, 0.05) is 11.6 Å². The van der Waals surface area contributed by atoms with E-state index in [9.17, 15) is 40.5 Å². The molecule has 1 aliphatic rings. The van der Waals surface area contributed by atoms with Gasteiger partial charge in [0.05, 0.1) is 20.8 Å². The highest BCUT2D eigenvalue weighted by atomic mass is 16.7. The average molecular weight is 508 g/mol. The molecule has 0 saturated carbocycles. The molecular formula is C23H24O13. The number of aliphatic hydroxyl groups excluding tert-OH is 4. The van der Waals surface area contributed by atoms with E-state index >= 15 is 0 Å². The molecule has 194 valence electrons. The van der Waals surface area contributed by atoms with E-state index in [1.807, 2.05) is 0 Å². The Morgan fingerprint density at radius 3 is 2.25 bits per heavy atom. The van der Waals surface area contributed by atoms with Gasteiger partial charge in [-0.05, 0) is 18.2 Å². The Morgan fingerprint density at radius 1 is 0.917 bits per heavy atom. The van der Waals surface area contributed by atoms with Crippen LogP contribution in [0.3, 0.4) is 0 Å². The van der Waals surface area contributed by atoms with Gasteiger partial charge in [0.1, 0.15) is 35.4 Å². The minimum Gasteiger partial charge on any atom is -0.504 e. The Morgan fingerprint density at radius 2 is 1.64 bits per heavy atom. The molecule has 1 fully saturated rings. The van der Waals surface area contributed by atoms with E-state index in [4.69, 9.17) is 23.4 Å². The Bertz CT molecular complexity index is 1330. The summed E-state index contributed by atoms with van der Waals surface area (Å²) in [4.78, 5) is 13.3. The maximum atomic E-state index is 13.3. The van der Waals surface area contributed by atoms with Crippen LogP contribution in [0.25, 0.3) is 22.3 Å². The SMILES string of the molecule is COc1cc2oc(-c3ccc(O)c(O)c3)c(OC)c(=O)c2c(O)c1O[C@@H]1OC(CO)[C@@H](O)[C@H](O)C1O. The molecule has 0 radical (unpaired) electrons. The third kappa shape index (κ3) is 4.12. The van der Waals surface area contributed by atoms with Crippen LogP contribution in [0.15, 0.2) is 33.5 Å². The third-order valence-corrected chi connectivity index (χ3v) is 5.78. The molecule has 13 nitrogen and oxygen atoms in total. The van der Waals surface area contributed by atoms with E-state index in [0.29, 0.717) is 0 Å². The highest BCUT2D eigenvalue weighted by Gasteiger charge is 2.45. The highest BCUT2D eigenvalue weighted by molar-refractivity contribution is 5.91. The predicted octanol–water partition coefficient (Wildman–Crippen LogP) is -0.227. The van der Waals surface area contributed by atoms with Crippen LogP contribution in [0.1, 0.15) is 0 Å². The van der Waals surface area contributed by atoms with Crippen LogP contribution < -0.4 is 19.6 Å². The standard InChI is InChI=1S/C23H24O13/c1-32-12-6-11-14(16(28)21(12)36-23-19(31)18(30)15(27)13(7-24)35-23)17(29)22(33-2)20(34-11)8-3-4-9(25)10(26)5-8/h3-6,13,15,18-19,23-28,30-31H,7H2,1-2H3/t13?,15-,18+,19?,23+/m1/s1. The molecule has 13 heteroatoms. The molecule has 7 N–H and O–H groups in total. The van der Waals surface area contributed by atoms with E-state index in [1.54, 1.807) is 0 Å². The number of fused-ring (bicyclic) bond motifs is 1. The second-order valence-corrected chi connectivity index (χ2v) is 7.94. The normalized spacial score (nSPS) is 24.0. The molecule has 1 aromatic heterocycles. The third-order valence-electron chi connectivity index (χ3n) is 5.78. The van der Waals surface area contributed by atoms with Crippen molar-refractivity contribution in [3.8, 4) is 45.8 Å². The summed E-state index contributed by atoms with van der Waals surface area (Å²) in [6.07, 6.45) is -8.13. The van der Waals surface area contributed by atoms with Crippen LogP contribution in [-0.4, -0.2) is 87.3 Å². The zero-order valence-electron chi connectivity index (χ0n) is 19.0. The fourth-order valence-corrected chi connectivity index (χ4v) is 3.86. The van der Waals surface area contributed by atoms with Gasteiger partial charge in [-0.15, -0.1) is 0 Å². The second kappa shape index (κ2) is 9.72. The number of methoxy groups -OCH3 is 2. The van der Waals surface area contributed by atoms with Crippen molar-refractivity contribution in [2.75, 3.05) is 20.8 Å². The lowest BCUT2D eigenvalue weighted by molar-refractivity contribution is -0.277. The summed E-state index contributed by atoms with van der Waals surface area (Å²) in [5, 5.41) is 69.7. The first-order valence-electron chi connectivity index (χ1n) is 10.6. The Kier molecular flexibility index (Phi) is 6.84. The van der Waals surface area contributed by atoms with E-state index in [1.165, 1.54) is 32.4 Å². The van der Waals surface area contributed by atoms with Gasteiger partial charge in [-0.1, -0.05) is 0 Å². The largest absolute Gasteiger partial charge is 0.504 e. The Labute approximate surface area is 202 Å². The van der Waals surface area contributed by atoms with Crippen molar-refractivity contribution in [3.63, 3.8) is 0 Å². The minimum atomic E-state index is -1.79. The zero-order chi connectivity index (χ0) is 26.3. The summed E-state index contributed by atoms with van der Waals surface area (Å²) in [5.41, 5.74) is -0.819. The first kappa shape index (κ1) is 25.3. The number of hydrogen-bond acceptors (Lipinski definition) is 13. The lowest BCUT2D eigenvalue weighted by atomic mass is 9.99. The first-order chi connectivity index (χ1) is 17.1. The van der Waals surface area contributed by atoms with E-state index in [0.717, 1.165) is 6.07 Å². The number of ether oxygens (including phenoxy) is 4. The first-order valence-corrected chi connectivity index (χ1v) is 10.6. The van der Waals surface area contributed by atoms with Crippen molar-refractivity contribution < 1.29 is 59.1 Å². The summed E-state index contributed by atoms with van der Waals surface area (Å²) in [7, 11) is 2.41. The maximum Gasteiger partial charge on any atom is 0.239 e. The monoisotopic (exact) mass is 508 g/mol. The highest BCUT2D eigenvalue weighted by Crippen LogP contribution is 2.45. The number of rotatable bonds is 6. The van der Waals surface area contributed by atoms with Crippen LogP contribution in [0.2, 0.25) is 0 Å². The molecule has 2 unspecified atom stereocenters. The summed E-state index contributed by atoms with van der Waals surface area (Å²) < 4.78 is 27.1. The fraction of sp³-hybridized carbons (Fsp3) is 0.348. The molecule has 1 saturated heterocycles. The van der Waals surface area contributed by atoms with Gasteiger partial charge in [0.2, 0.25) is 23.2 Å². The molecule has 2 heterocycles. The number of aromatic hydroxyl groups is 3. The summed E-state index contributed by atoms with van der Waals surface area (Å²) in [6.45, 7) is -0.706. The topological polar surface area (TPSA) is 209 Å². The van der Waals surface area contributed by atoms with Gasteiger partial charge >= 0.3 is 0 Å². The van der Waals surface area contributed by atoms with Crippen LogP contribution in [0, 0.1) is 0 Å². The predicted molar refractivity (Wildman–Crippen MR) is 120 cm³/mol. The van der Waals surface area contributed by atoms with Crippen LogP contribution in [0.5, 0.6) is 34.5 Å². The van der Waals surface area contributed by atoms with Crippen molar-refractivity contribution in [1.29, 1.82) is 0 Å². The molecule has 0 aliphatic carbocycles. The molecule has 0 amide bonds. The molecule has 5 atom stereocenters. The van der Waals surface area contributed by atoms with Crippen molar-refractivity contribution in [2.45, 2.75) is 30.7 Å². The number of hydrogen-bond donors (Lipinski definition) is 7. The summed E-state index contributed by atoms with van der Waals surface area (Å²) >= 11 is 0. The van der Waals surface area contributed by atoms with Gasteiger partial charge in [0.15, 0.2) is 28.8 Å². The van der Waals surface area contributed by atoms with Crippen molar-refractivity contribution in [3.05, 3.63) is 34.5 Å². The summed E-state index contributed by atoms with van der Waals surface area (Å²) in [5.74, 6) is -2.71. The van der Waals surface area contributed by atoms with Gasteiger partial charge in [-0.25, -0.2) is 0 Å². The van der Waals surface area contributed by atoms with Crippen molar-refractivity contribution in [1.82, 2.24) is 0 Å². The molecule has 1 aliphatic heterocycles. The van der Waals surface area contributed by atoms with Gasteiger partial charge < -0.3 is 59.1 Å². The number of aliphatic hydroxyl groups is 4. The molecule has 4 rings (SSSR count). The molecule has 3 aromatic rings. The maximum absolute atomic E-state index is 13.3. The molecule has 0 spiro atoms. The average Bonchev–Trinajstić information content (AvgIpc) is 2.86. The van der Waals surface area contributed by atoms with Crippen LogP contribution in [-0.2, 0) is 4.74 Å². The Hall–Kier alpha value is -3.75. The van der Waals surface area contributed by atoms with Crippen molar-refractivity contribution in [2.24, 2.45) is 0 Å². The Balaban J connectivity index is 1.86. The number of benzene rings is 2. The zero-order valence-corrected chi connectivity index (χ0v) is 19.0. The van der Waals surface area contributed by atoms with Gasteiger partial charge in [-0.2, -0.15) is 0 Å². The fourth-order valence-electron chi connectivity index (χ4n) is 3.86. The quantitative estimate of drug-likeness (QED) is 0.215. The minimum absolute atomic E-state index is 0.116. The number of phenolic OH excluding ortho intramolecular Hbond substituents is 3. The lowest BCUT2D eigenvalue weighted by Gasteiger charge is -2.39. The van der Waals surface area contributed by atoms with Gasteiger partial charge in [-0.3, -0.25) is 4.79 Å². The smallest absolute Gasteiger partial charge is 0.239 e. The van der Waals surface area contributed by atoms with Crippen LogP contribution >= 0.6 is 0 Å². The number of phenols is 3. The van der Waals surface area contributed by atoms with E-state index in [-0.39, 0.29) is 33.8 Å². The molecular weight excluding hydrogens is 484 g/mol. The molecule has 0 bridgehead atoms. The van der Waals surface area contributed by atoms with E-state index < -0.39 is 65.7 Å². The molecule has 2 aromatic carbocycles. The van der Waals surface area contributed by atoms with E-state index in [2.05, 4.69) is 0 Å².